The Morgan fingerprint density at radius 1 is 1.40 bits per heavy atom. The molecule has 1 aliphatic heterocycles. The molecule has 1 aromatic carbocycles. The summed E-state index contributed by atoms with van der Waals surface area (Å²) in [5.41, 5.74) is -0.200. The van der Waals surface area contributed by atoms with Gasteiger partial charge in [0, 0.05) is 19.7 Å². The van der Waals surface area contributed by atoms with Gasteiger partial charge >= 0.3 is 6.18 Å². The van der Waals surface area contributed by atoms with Crippen molar-refractivity contribution in [2.45, 2.75) is 37.9 Å². The number of rotatable bonds is 5. The molecule has 2 atom stereocenters. The fourth-order valence-corrected chi connectivity index (χ4v) is 3.04. The normalized spacial score (nSPS) is 21.8. The van der Waals surface area contributed by atoms with E-state index in [2.05, 4.69) is 10.1 Å². The lowest BCUT2D eigenvalue weighted by Gasteiger charge is -2.23. The van der Waals surface area contributed by atoms with Gasteiger partial charge in [0.2, 0.25) is 5.89 Å². The summed E-state index contributed by atoms with van der Waals surface area (Å²) in [6.45, 7) is 0.779. The number of halogens is 3. The molecule has 0 saturated carbocycles. The van der Waals surface area contributed by atoms with Gasteiger partial charge in [-0.05, 0) is 24.1 Å². The Morgan fingerprint density at radius 3 is 2.92 bits per heavy atom. The Morgan fingerprint density at radius 2 is 2.20 bits per heavy atom. The van der Waals surface area contributed by atoms with Crippen LogP contribution in [0.5, 0.6) is 0 Å². The Labute approximate surface area is 142 Å². The highest BCUT2D eigenvalue weighted by Gasteiger charge is 2.35. The first-order valence-corrected chi connectivity index (χ1v) is 7.76. The quantitative estimate of drug-likeness (QED) is 0.887. The van der Waals surface area contributed by atoms with Crippen LogP contribution in [0, 0.1) is 0 Å². The molecule has 1 aromatic heterocycles. The van der Waals surface area contributed by atoms with Gasteiger partial charge < -0.3 is 14.4 Å². The second-order valence-corrected chi connectivity index (χ2v) is 6.00. The maximum Gasteiger partial charge on any atom is 0.416 e. The molecule has 0 spiro atoms. The second kappa shape index (κ2) is 7.11. The monoisotopic (exact) mass is 357 g/mol. The largest absolute Gasteiger partial charge is 0.416 e. The van der Waals surface area contributed by atoms with Gasteiger partial charge in [0.25, 0.3) is 0 Å². The smallest absolute Gasteiger partial charge is 0.392 e. The van der Waals surface area contributed by atoms with Crippen LogP contribution >= 0.6 is 0 Å². The summed E-state index contributed by atoms with van der Waals surface area (Å²) < 4.78 is 48.9. The molecule has 25 heavy (non-hydrogen) atoms. The van der Waals surface area contributed by atoms with Crippen LogP contribution in [0.25, 0.3) is 0 Å². The lowest BCUT2D eigenvalue weighted by Crippen LogP contribution is -2.24. The van der Waals surface area contributed by atoms with Crippen LogP contribution in [0.3, 0.4) is 0 Å². The van der Waals surface area contributed by atoms with E-state index in [-0.39, 0.29) is 19.2 Å². The number of aliphatic hydroxyl groups excluding tert-OH is 1. The van der Waals surface area contributed by atoms with Crippen molar-refractivity contribution in [1.29, 1.82) is 0 Å². The highest BCUT2D eigenvalue weighted by atomic mass is 19.4. The van der Waals surface area contributed by atoms with E-state index in [1.165, 1.54) is 13.2 Å². The zero-order valence-corrected chi connectivity index (χ0v) is 13.5. The molecule has 2 aromatic rings. The number of β-amino-alcohol motifs (C(OH)–C–C–N with tert-alkyl or cyclic N) is 1. The first-order chi connectivity index (χ1) is 11.9. The van der Waals surface area contributed by atoms with Crippen molar-refractivity contribution >= 4 is 0 Å². The third kappa shape index (κ3) is 4.17. The molecular formula is C16H18F3N3O3. The molecule has 1 saturated heterocycles. The van der Waals surface area contributed by atoms with Crippen molar-refractivity contribution in [1.82, 2.24) is 15.0 Å². The van der Waals surface area contributed by atoms with Gasteiger partial charge in [-0.15, -0.1) is 0 Å². The van der Waals surface area contributed by atoms with E-state index in [4.69, 9.17) is 9.26 Å². The van der Waals surface area contributed by atoms with Crippen molar-refractivity contribution in [3.8, 4) is 0 Å². The highest BCUT2D eigenvalue weighted by Crippen LogP contribution is 2.36. The predicted molar refractivity (Wildman–Crippen MR) is 80.2 cm³/mol. The molecule has 0 radical (unpaired) electrons. The molecule has 1 N–H and O–H groups in total. The van der Waals surface area contributed by atoms with Crippen LogP contribution in [0.4, 0.5) is 13.2 Å². The van der Waals surface area contributed by atoms with Gasteiger partial charge in [0.1, 0.15) is 6.61 Å². The molecule has 0 bridgehead atoms. The topological polar surface area (TPSA) is 71.6 Å². The molecule has 9 heteroatoms. The van der Waals surface area contributed by atoms with E-state index < -0.39 is 17.8 Å². The Kier molecular flexibility index (Phi) is 5.07. The van der Waals surface area contributed by atoms with Gasteiger partial charge in [-0.25, -0.2) is 0 Å². The summed E-state index contributed by atoms with van der Waals surface area (Å²) >= 11 is 0. The molecule has 6 nitrogen and oxygen atoms in total. The van der Waals surface area contributed by atoms with E-state index in [9.17, 15) is 18.3 Å². The lowest BCUT2D eigenvalue weighted by molar-refractivity contribution is -0.137. The van der Waals surface area contributed by atoms with Crippen LogP contribution in [-0.4, -0.2) is 39.9 Å². The van der Waals surface area contributed by atoms with E-state index >= 15 is 0 Å². The summed E-state index contributed by atoms with van der Waals surface area (Å²) in [5.74, 6) is 0.728. The Balaban J connectivity index is 1.79. The number of aliphatic hydroxyl groups is 1. The maximum atomic E-state index is 12.9. The number of nitrogens with zero attached hydrogens (tertiary/aromatic N) is 3. The molecule has 1 aliphatic rings. The number of aromatic nitrogens is 2. The fourth-order valence-electron chi connectivity index (χ4n) is 3.04. The number of alkyl halides is 3. The first kappa shape index (κ1) is 17.8. The molecular weight excluding hydrogens is 339 g/mol. The molecule has 0 amide bonds. The lowest BCUT2D eigenvalue weighted by atomic mass is 10.0. The number of benzene rings is 1. The summed E-state index contributed by atoms with van der Waals surface area (Å²) in [6.07, 6.45) is -4.68. The maximum absolute atomic E-state index is 12.9. The predicted octanol–water partition coefficient (Wildman–Crippen LogP) is 2.54. The average molecular weight is 357 g/mol. The first-order valence-electron chi connectivity index (χ1n) is 7.76. The highest BCUT2D eigenvalue weighted by molar-refractivity contribution is 5.29. The van der Waals surface area contributed by atoms with E-state index in [1.54, 1.807) is 6.07 Å². The van der Waals surface area contributed by atoms with Gasteiger partial charge in [-0.3, -0.25) is 4.90 Å². The van der Waals surface area contributed by atoms with Gasteiger partial charge in [-0.1, -0.05) is 17.3 Å². The minimum absolute atomic E-state index is 0.211. The molecule has 2 heterocycles. The number of hydrogen-bond donors (Lipinski definition) is 1. The summed E-state index contributed by atoms with van der Waals surface area (Å²) in [5, 5.41) is 13.7. The number of likely N-dealkylation sites (tertiary alicyclic amines) is 1. The van der Waals surface area contributed by atoms with Crippen molar-refractivity contribution in [2.75, 3.05) is 13.7 Å². The minimum Gasteiger partial charge on any atom is -0.392 e. The van der Waals surface area contributed by atoms with Crippen LogP contribution in [0.1, 0.15) is 35.3 Å². The van der Waals surface area contributed by atoms with Crippen molar-refractivity contribution in [3.63, 3.8) is 0 Å². The third-order valence-corrected chi connectivity index (χ3v) is 4.10. The Bertz CT molecular complexity index is 720. The number of ether oxygens (including phenoxy) is 1. The van der Waals surface area contributed by atoms with Crippen molar-refractivity contribution in [2.24, 2.45) is 0 Å². The van der Waals surface area contributed by atoms with E-state index in [0.29, 0.717) is 30.2 Å². The average Bonchev–Trinajstić information content (AvgIpc) is 3.14. The van der Waals surface area contributed by atoms with Crippen LogP contribution < -0.4 is 0 Å². The van der Waals surface area contributed by atoms with Crippen molar-refractivity contribution in [3.05, 3.63) is 47.1 Å². The van der Waals surface area contributed by atoms with E-state index in [0.717, 1.165) is 12.1 Å². The fraction of sp³-hybridized carbons (Fsp3) is 0.500. The second-order valence-electron chi connectivity index (χ2n) is 6.00. The SMILES string of the molecule is COCc1noc(CN2C[C@H](O)C[C@H]2c2cccc(C(F)(F)F)c2)n1. The van der Waals surface area contributed by atoms with Crippen LogP contribution in [-0.2, 0) is 24.1 Å². The van der Waals surface area contributed by atoms with Crippen molar-refractivity contribution < 1.29 is 27.5 Å². The van der Waals surface area contributed by atoms with Gasteiger partial charge in [0.05, 0.1) is 18.2 Å². The standard InChI is InChI=1S/C16H18F3N3O3/c1-24-9-14-20-15(25-21-14)8-22-7-12(23)6-13(22)10-3-2-4-11(5-10)16(17,18)19/h2-5,12-13,23H,6-9H2,1H3/t12-,13+/m1/s1. The summed E-state index contributed by atoms with van der Waals surface area (Å²) in [4.78, 5) is 6.00. The third-order valence-electron chi connectivity index (χ3n) is 4.10. The summed E-state index contributed by atoms with van der Waals surface area (Å²) in [6, 6.07) is 4.82. The molecule has 0 unspecified atom stereocenters. The minimum atomic E-state index is -4.40. The number of hydrogen-bond acceptors (Lipinski definition) is 6. The molecule has 1 fully saturated rings. The molecule has 136 valence electrons. The number of methoxy groups -OCH3 is 1. The van der Waals surface area contributed by atoms with E-state index in [1.807, 2.05) is 4.90 Å². The van der Waals surface area contributed by atoms with Gasteiger partial charge in [-0.2, -0.15) is 18.2 Å². The summed E-state index contributed by atoms with van der Waals surface area (Å²) in [7, 11) is 1.51. The Hall–Kier alpha value is -1.97. The molecule has 3 rings (SSSR count). The zero-order chi connectivity index (χ0) is 18.0. The van der Waals surface area contributed by atoms with Crippen LogP contribution in [0.2, 0.25) is 0 Å². The van der Waals surface area contributed by atoms with Gasteiger partial charge in [0.15, 0.2) is 5.82 Å². The van der Waals surface area contributed by atoms with Crippen LogP contribution in [0.15, 0.2) is 28.8 Å². The molecule has 0 aliphatic carbocycles. The zero-order valence-electron chi connectivity index (χ0n) is 13.5.